The minimum Gasteiger partial charge on any atom is -0.469 e. The Labute approximate surface area is 98.9 Å². The molecule has 0 bridgehead atoms. The van der Waals surface area contributed by atoms with Gasteiger partial charge in [0.1, 0.15) is 0 Å². The molecule has 1 N–H and O–H groups in total. The highest BCUT2D eigenvalue weighted by atomic mass is 16.5. The molecule has 1 rings (SSSR count). The molecule has 0 aromatic carbocycles. The number of hydrogen-bond donors (Lipinski definition) is 1. The summed E-state index contributed by atoms with van der Waals surface area (Å²) in [7, 11) is 1.44. The molecule has 0 saturated heterocycles. The summed E-state index contributed by atoms with van der Waals surface area (Å²) in [4.78, 5) is 11.1. The average Bonchev–Trinajstić information content (AvgIpc) is 2.59. The first-order chi connectivity index (χ1) is 7.58. The Morgan fingerprint density at radius 2 is 2.19 bits per heavy atom. The highest BCUT2D eigenvalue weighted by Gasteiger charge is 2.32. The lowest BCUT2D eigenvalue weighted by Crippen LogP contribution is -2.40. The van der Waals surface area contributed by atoms with Crippen LogP contribution < -0.4 is 5.32 Å². The Kier molecular flexibility index (Phi) is 5.26. The van der Waals surface area contributed by atoms with E-state index in [9.17, 15) is 4.79 Å². The highest BCUT2D eigenvalue weighted by molar-refractivity contribution is 5.69. The molecule has 0 amide bonds. The maximum absolute atomic E-state index is 11.1. The fraction of sp³-hybridized carbons (Fsp3) is 0.923. The van der Waals surface area contributed by atoms with Crippen LogP contribution in [-0.4, -0.2) is 25.2 Å². The summed E-state index contributed by atoms with van der Waals surface area (Å²) in [6.07, 6.45) is 4.30. The van der Waals surface area contributed by atoms with Crippen molar-refractivity contribution >= 4 is 5.97 Å². The Balaban J connectivity index is 2.34. The normalized spacial score (nSPS) is 31.4. The van der Waals surface area contributed by atoms with Gasteiger partial charge in [-0.3, -0.25) is 4.79 Å². The predicted octanol–water partition coefficient (Wildman–Crippen LogP) is 2.35. The van der Waals surface area contributed by atoms with Crippen molar-refractivity contribution in [3.63, 3.8) is 0 Å². The van der Waals surface area contributed by atoms with E-state index in [-0.39, 0.29) is 12.0 Å². The van der Waals surface area contributed by atoms with Gasteiger partial charge in [-0.05, 0) is 31.6 Å². The van der Waals surface area contributed by atoms with Crippen molar-refractivity contribution in [2.24, 2.45) is 11.8 Å². The molecule has 0 aromatic rings. The molecule has 4 unspecified atom stereocenters. The van der Waals surface area contributed by atoms with Crippen molar-refractivity contribution in [3.05, 3.63) is 0 Å². The largest absolute Gasteiger partial charge is 0.469 e. The van der Waals surface area contributed by atoms with Gasteiger partial charge in [-0.1, -0.05) is 20.3 Å². The van der Waals surface area contributed by atoms with Gasteiger partial charge >= 0.3 is 5.97 Å². The monoisotopic (exact) mass is 227 g/mol. The lowest BCUT2D eigenvalue weighted by molar-refractivity contribution is -0.141. The standard InChI is InChI=1S/C13H25NO2/c1-5-11-6-7-12(10(11)3)14-9(2)8-13(15)16-4/h9-12,14H,5-8H2,1-4H3. The van der Waals surface area contributed by atoms with E-state index in [0.29, 0.717) is 12.5 Å². The van der Waals surface area contributed by atoms with E-state index >= 15 is 0 Å². The molecular formula is C13H25NO2. The fourth-order valence-electron chi connectivity index (χ4n) is 2.82. The maximum Gasteiger partial charge on any atom is 0.307 e. The summed E-state index contributed by atoms with van der Waals surface area (Å²) in [5.41, 5.74) is 0. The van der Waals surface area contributed by atoms with E-state index in [1.165, 1.54) is 26.4 Å². The Morgan fingerprint density at radius 3 is 2.69 bits per heavy atom. The van der Waals surface area contributed by atoms with Gasteiger partial charge in [0.25, 0.3) is 0 Å². The Bertz CT molecular complexity index is 230. The first kappa shape index (κ1) is 13.5. The Morgan fingerprint density at radius 1 is 1.50 bits per heavy atom. The maximum atomic E-state index is 11.1. The van der Waals surface area contributed by atoms with E-state index in [1.807, 2.05) is 0 Å². The molecule has 3 heteroatoms. The molecule has 0 aromatic heterocycles. The third kappa shape index (κ3) is 3.48. The predicted molar refractivity (Wildman–Crippen MR) is 65.2 cm³/mol. The second kappa shape index (κ2) is 6.24. The van der Waals surface area contributed by atoms with Gasteiger partial charge in [0, 0.05) is 12.1 Å². The first-order valence-electron chi connectivity index (χ1n) is 6.41. The van der Waals surface area contributed by atoms with Crippen LogP contribution >= 0.6 is 0 Å². The molecule has 1 aliphatic rings. The van der Waals surface area contributed by atoms with E-state index < -0.39 is 0 Å². The Hall–Kier alpha value is -0.570. The van der Waals surface area contributed by atoms with Crippen molar-refractivity contribution in [3.8, 4) is 0 Å². The van der Waals surface area contributed by atoms with Crippen LogP contribution in [0.2, 0.25) is 0 Å². The van der Waals surface area contributed by atoms with Crippen molar-refractivity contribution in [1.82, 2.24) is 5.32 Å². The topological polar surface area (TPSA) is 38.3 Å². The SMILES string of the molecule is CCC1CCC(NC(C)CC(=O)OC)C1C. The van der Waals surface area contributed by atoms with E-state index in [4.69, 9.17) is 0 Å². The van der Waals surface area contributed by atoms with Crippen LogP contribution in [0.1, 0.15) is 46.5 Å². The summed E-state index contributed by atoms with van der Waals surface area (Å²) >= 11 is 0. The van der Waals surface area contributed by atoms with Gasteiger partial charge in [-0.2, -0.15) is 0 Å². The van der Waals surface area contributed by atoms with Gasteiger partial charge in [-0.15, -0.1) is 0 Å². The summed E-state index contributed by atoms with van der Waals surface area (Å²) in [5.74, 6) is 1.45. The average molecular weight is 227 g/mol. The van der Waals surface area contributed by atoms with E-state index in [0.717, 1.165) is 11.8 Å². The lowest BCUT2D eigenvalue weighted by atomic mass is 9.93. The quantitative estimate of drug-likeness (QED) is 0.733. The summed E-state index contributed by atoms with van der Waals surface area (Å²) in [6, 6.07) is 0.792. The number of rotatable bonds is 5. The summed E-state index contributed by atoms with van der Waals surface area (Å²) in [6.45, 7) is 6.65. The van der Waals surface area contributed by atoms with E-state index in [2.05, 4.69) is 30.8 Å². The fourth-order valence-corrected chi connectivity index (χ4v) is 2.82. The first-order valence-corrected chi connectivity index (χ1v) is 6.41. The molecule has 3 nitrogen and oxygen atoms in total. The number of nitrogens with one attached hydrogen (secondary N) is 1. The van der Waals surface area contributed by atoms with E-state index in [1.54, 1.807) is 0 Å². The van der Waals surface area contributed by atoms with Crippen LogP contribution in [0, 0.1) is 11.8 Å². The molecular weight excluding hydrogens is 202 g/mol. The summed E-state index contributed by atoms with van der Waals surface area (Å²) in [5, 5.41) is 3.56. The second-order valence-corrected chi connectivity index (χ2v) is 5.06. The third-order valence-electron chi connectivity index (χ3n) is 3.95. The van der Waals surface area contributed by atoms with Crippen LogP contribution in [0.3, 0.4) is 0 Å². The van der Waals surface area contributed by atoms with Gasteiger partial charge < -0.3 is 10.1 Å². The van der Waals surface area contributed by atoms with Gasteiger partial charge in [0.2, 0.25) is 0 Å². The third-order valence-corrected chi connectivity index (χ3v) is 3.95. The van der Waals surface area contributed by atoms with Crippen LogP contribution in [0.25, 0.3) is 0 Å². The highest BCUT2D eigenvalue weighted by Crippen LogP contribution is 2.34. The van der Waals surface area contributed by atoms with Crippen molar-refractivity contribution in [2.45, 2.75) is 58.5 Å². The van der Waals surface area contributed by atoms with Gasteiger partial charge in [-0.25, -0.2) is 0 Å². The number of esters is 1. The lowest BCUT2D eigenvalue weighted by Gasteiger charge is -2.24. The molecule has 1 saturated carbocycles. The zero-order valence-electron chi connectivity index (χ0n) is 11.0. The van der Waals surface area contributed by atoms with Crippen LogP contribution in [0.15, 0.2) is 0 Å². The molecule has 1 aliphatic carbocycles. The zero-order valence-corrected chi connectivity index (χ0v) is 11.0. The second-order valence-electron chi connectivity index (χ2n) is 5.06. The number of hydrogen-bond acceptors (Lipinski definition) is 3. The van der Waals surface area contributed by atoms with Crippen molar-refractivity contribution < 1.29 is 9.53 Å². The summed E-state index contributed by atoms with van der Waals surface area (Å²) < 4.78 is 4.68. The van der Waals surface area contributed by atoms with Crippen LogP contribution in [0.5, 0.6) is 0 Å². The molecule has 0 radical (unpaired) electrons. The van der Waals surface area contributed by atoms with Crippen LogP contribution in [-0.2, 0) is 9.53 Å². The molecule has 0 spiro atoms. The minimum absolute atomic E-state index is 0.127. The van der Waals surface area contributed by atoms with Gasteiger partial charge in [0.15, 0.2) is 0 Å². The van der Waals surface area contributed by atoms with Gasteiger partial charge in [0.05, 0.1) is 13.5 Å². The smallest absolute Gasteiger partial charge is 0.307 e. The van der Waals surface area contributed by atoms with Crippen molar-refractivity contribution in [2.75, 3.05) is 7.11 Å². The van der Waals surface area contributed by atoms with Crippen molar-refractivity contribution in [1.29, 1.82) is 0 Å². The number of carbonyl (C=O) groups excluding carboxylic acids is 1. The number of carbonyl (C=O) groups is 1. The molecule has 4 atom stereocenters. The number of ether oxygens (including phenoxy) is 1. The molecule has 1 fully saturated rings. The molecule has 0 aliphatic heterocycles. The van der Waals surface area contributed by atoms with Crippen LogP contribution in [0.4, 0.5) is 0 Å². The zero-order chi connectivity index (χ0) is 12.1. The minimum atomic E-state index is -0.127. The number of methoxy groups -OCH3 is 1. The molecule has 0 heterocycles. The molecule has 94 valence electrons. The molecule has 16 heavy (non-hydrogen) atoms.